The lowest BCUT2D eigenvalue weighted by Crippen LogP contribution is -1.99. The Kier molecular flexibility index (Phi) is 3.28. The fourth-order valence-electron chi connectivity index (χ4n) is 1.38. The number of rotatable bonds is 2. The van der Waals surface area contributed by atoms with Gasteiger partial charge in [0.15, 0.2) is 0 Å². The van der Waals surface area contributed by atoms with Crippen LogP contribution in [0.15, 0.2) is 40.9 Å². The van der Waals surface area contributed by atoms with Crippen LogP contribution in [-0.4, -0.2) is 0 Å². The number of benzene rings is 2. The van der Waals surface area contributed by atoms with E-state index in [4.69, 9.17) is 5.73 Å². The Morgan fingerprint density at radius 2 is 1.71 bits per heavy atom. The third kappa shape index (κ3) is 2.55. The van der Waals surface area contributed by atoms with E-state index >= 15 is 0 Å². The van der Waals surface area contributed by atoms with Crippen LogP contribution in [0.1, 0.15) is 0 Å². The van der Waals surface area contributed by atoms with Gasteiger partial charge in [0.1, 0.15) is 11.6 Å². The van der Waals surface area contributed by atoms with Crippen LogP contribution in [0, 0.1) is 11.6 Å². The Hall–Kier alpha value is -1.62. The third-order valence-electron chi connectivity index (χ3n) is 2.24. The molecule has 0 heterocycles. The summed E-state index contributed by atoms with van der Waals surface area (Å²) in [6.45, 7) is 0. The number of para-hydroxylation sites is 1. The van der Waals surface area contributed by atoms with Crippen molar-refractivity contribution in [2.24, 2.45) is 0 Å². The fraction of sp³-hybridized carbons (Fsp3) is 0. The normalized spacial score (nSPS) is 10.3. The number of halogens is 3. The molecule has 5 heteroatoms. The number of nitrogens with one attached hydrogen (secondary N) is 1. The smallest absolute Gasteiger partial charge is 0.146 e. The summed E-state index contributed by atoms with van der Waals surface area (Å²) in [6, 6.07) is 8.76. The van der Waals surface area contributed by atoms with Crippen molar-refractivity contribution >= 4 is 33.0 Å². The van der Waals surface area contributed by atoms with Crippen molar-refractivity contribution in [3.05, 3.63) is 52.5 Å². The molecule has 3 N–H and O–H groups in total. The number of anilines is 3. The third-order valence-corrected chi connectivity index (χ3v) is 2.84. The molecule has 0 radical (unpaired) electrons. The zero-order valence-corrected chi connectivity index (χ0v) is 10.3. The molecule has 0 aliphatic carbocycles. The summed E-state index contributed by atoms with van der Waals surface area (Å²) in [5.74, 6) is -0.881. The van der Waals surface area contributed by atoms with Gasteiger partial charge in [-0.05, 0) is 34.1 Å². The van der Waals surface area contributed by atoms with E-state index in [1.165, 1.54) is 18.2 Å². The van der Waals surface area contributed by atoms with Gasteiger partial charge >= 0.3 is 0 Å². The lowest BCUT2D eigenvalue weighted by molar-refractivity contribution is 0.621. The largest absolute Gasteiger partial charge is 0.397 e. The van der Waals surface area contributed by atoms with Crippen LogP contribution < -0.4 is 11.1 Å². The van der Waals surface area contributed by atoms with Crippen molar-refractivity contribution in [1.29, 1.82) is 0 Å². The molecule has 17 heavy (non-hydrogen) atoms. The predicted octanol–water partition coefficient (Wildman–Crippen LogP) is 4.05. The summed E-state index contributed by atoms with van der Waals surface area (Å²) in [7, 11) is 0. The first-order valence-corrected chi connectivity index (χ1v) is 5.63. The minimum atomic E-state index is -0.460. The Bertz CT molecular complexity index is 558. The molecule has 2 aromatic carbocycles. The lowest BCUT2D eigenvalue weighted by atomic mass is 10.2. The highest BCUT2D eigenvalue weighted by Gasteiger charge is 2.08. The van der Waals surface area contributed by atoms with Gasteiger partial charge in [-0.1, -0.05) is 12.1 Å². The topological polar surface area (TPSA) is 38.0 Å². The molecule has 0 aliphatic rings. The molecule has 0 saturated carbocycles. The van der Waals surface area contributed by atoms with E-state index in [9.17, 15) is 8.78 Å². The summed E-state index contributed by atoms with van der Waals surface area (Å²) in [5, 5.41) is 2.75. The van der Waals surface area contributed by atoms with Crippen LogP contribution >= 0.6 is 15.9 Å². The molecule has 88 valence electrons. The van der Waals surface area contributed by atoms with E-state index in [2.05, 4.69) is 21.2 Å². The van der Waals surface area contributed by atoms with Crippen molar-refractivity contribution in [2.75, 3.05) is 11.1 Å². The standard InChI is InChI=1S/C12H9BrF2N2/c13-7-5-10(16)12(6-9(7)15)17-11-4-2-1-3-8(11)14/h1-6,17H,16H2. The molecule has 0 spiro atoms. The van der Waals surface area contributed by atoms with E-state index in [1.54, 1.807) is 18.2 Å². The van der Waals surface area contributed by atoms with E-state index in [-0.39, 0.29) is 10.2 Å². The van der Waals surface area contributed by atoms with Gasteiger partial charge in [0.2, 0.25) is 0 Å². The lowest BCUT2D eigenvalue weighted by Gasteiger charge is -2.10. The van der Waals surface area contributed by atoms with Crippen LogP contribution in [0.3, 0.4) is 0 Å². The molecule has 2 nitrogen and oxygen atoms in total. The van der Waals surface area contributed by atoms with Gasteiger partial charge in [-0.25, -0.2) is 8.78 Å². The van der Waals surface area contributed by atoms with Crippen LogP contribution in [0.2, 0.25) is 0 Å². The summed E-state index contributed by atoms with van der Waals surface area (Å²) in [5.41, 5.74) is 6.62. The highest BCUT2D eigenvalue weighted by molar-refractivity contribution is 9.10. The van der Waals surface area contributed by atoms with E-state index < -0.39 is 11.6 Å². The zero-order valence-electron chi connectivity index (χ0n) is 8.68. The summed E-state index contributed by atoms with van der Waals surface area (Å²) in [6.07, 6.45) is 0. The number of nitrogens with two attached hydrogens (primary N) is 1. The zero-order chi connectivity index (χ0) is 12.4. The predicted molar refractivity (Wildman–Crippen MR) is 68.2 cm³/mol. The maximum absolute atomic E-state index is 13.4. The molecule has 0 bridgehead atoms. The fourth-order valence-corrected chi connectivity index (χ4v) is 1.74. The number of nitrogen functional groups attached to an aromatic ring is 1. The van der Waals surface area contributed by atoms with Crippen molar-refractivity contribution < 1.29 is 8.78 Å². The number of hydrogen-bond donors (Lipinski definition) is 2. The molecular weight excluding hydrogens is 290 g/mol. The van der Waals surface area contributed by atoms with E-state index in [0.29, 0.717) is 11.4 Å². The van der Waals surface area contributed by atoms with Crippen molar-refractivity contribution in [2.45, 2.75) is 0 Å². The maximum atomic E-state index is 13.4. The maximum Gasteiger partial charge on any atom is 0.146 e. The molecule has 0 atom stereocenters. The first-order chi connectivity index (χ1) is 8.08. The van der Waals surface area contributed by atoms with Gasteiger partial charge in [0, 0.05) is 6.07 Å². The van der Waals surface area contributed by atoms with Gasteiger partial charge in [0.25, 0.3) is 0 Å². The van der Waals surface area contributed by atoms with Gasteiger partial charge in [-0.15, -0.1) is 0 Å². The van der Waals surface area contributed by atoms with Crippen LogP contribution in [-0.2, 0) is 0 Å². The van der Waals surface area contributed by atoms with Gasteiger partial charge in [-0.2, -0.15) is 0 Å². The highest BCUT2D eigenvalue weighted by atomic mass is 79.9. The Labute approximate surface area is 106 Å². The van der Waals surface area contributed by atoms with Crippen molar-refractivity contribution in [3.8, 4) is 0 Å². The van der Waals surface area contributed by atoms with E-state index in [0.717, 1.165) is 0 Å². The van der Waals surface area contributed by atoms with Crippen LogP contribution in [0.4, 0.5) is 25.8 Å². The minimum absolute atomic E-state index is 0.251. The molecular formula is C12H9BrF2N2. The van der Waals surface area contributed by atoms with Gasteiger partial charge in [-0.3, -0.25) is 0 Å². The first kappa shape index (κ1) is 11.9. The van der Waals surface area contributed by atoms with Crippen molar-refractivity contribution in [3.63, 3.8) is 0 Å². The first-order valence-electron chi connectivity index (χ1n) is 4.84. The monoisotopic (exact) mass is 298 g/mol. The van der Waals surface area contributed by atoms with Crippen LogP contribution in [0.5, 0.6) is 0 Å². The highest BCUT2D eigenvalue weighted by Crippen LogP contribution is 2.29. The molecule has 2 aromatic rings. The molecule has 0 saturated heterocycles. The Morgan fingerprint density at radius 1 is 1.00 bits per heavy atom. The van der Waals surface area contributed by atoms with Crippen LogP contribution in [0.25, 0.3) is 0 Å². The molecule has 0 aliphatic heterocycles. The Balaban J connectivity index is 2.37. The van der Waals surface area contributed by atoms with Crippen molar-refractivity contribution in [1.82, 2.24) is 0 Å². The second kappa shape index (κ2) is 4.71. The Morgan fingerprint density at radius 3 is 2.41 bits per heavy atom. The van der Waals surface area contributed by atoms with Gasteiger partial charge < -0.3 is 11.1 Å². The number of hydrogen-bond acceptors (Lipinski definition) is 2. The minimum Gasteiger partial charge on any atom is -0.397 e. The summed E-state index contributed by atoms with van der Waals surface area (Å²) >= 11 is 3.02. The second-order valence-corrected chi connectivity index (χ2v) is 4.31. The molecule has 0 amide bonds. The summed E-state index contributed by atoms with van der Waals surface area (Å²) < 4.78 is 27.0. The second-order valence-electron chi connectivity index (χ2n) is 3.46. The molecule has 0 aromatic heterocycles. The average molecular weight is 299 g/mol. The van der Waals surface area contributed by atoms with E-state index in [1.807, 2.05) is 0 Å². The quantitative estimate of drug-likeness (QED) is 0.821. The average Bonchev–Trinajstić information content (AvgIpc) is 2.29. The summed E-state index contributed by atoms with van der Waals surface area (Å²) in [4.78, 5) is 0. The molecule has 2 rings (SSSR count). The molecule has 0 unspecified atom stereocenters. The molecule has 0 fully saturated rings. The SMILES string of the molecule is Nc1cc(Br)c(F)cc1Nc1ccccc1F. The van der Waals surface area contributed by atoms with Gasteiger partial charge in [0.05, 0.1) is 21.5 Å².